The predicted octanol–water partition coefficient (Wildman–Crippen LogP) is 3.60. The molecule has 2 aromatic rings. The number of Topliss-reactive ketones (excluding diaryl/α,β-unsaturated/α-hetero) is 1. The zero-order chi connectivity index (χ0) is 17.9. The number of benzene rings is 1. The van der Waals surface area contributed by atoms with Gasteiger partial charge >= 0.3 is 5.97 Å². The van der Waals surface area contributed by atoms with Gasteiger partial charge in [-0.1, -0.05) is 12.1 Å². The van der Waals surface area contributed by atoms with Gasteiger partial charge in [0.1, 0.15) is 0 Å². The first-order valence-corrected chi connectivity index (χ1v) is 7.68. The topological polar surface area (TPSA) is 68.4 Å². The summed E-state index contributed by atoms with van der Waals surface area (Å²) in [7, 11) is 0. The number of ether oxygens (including phenoxy) is 2. The van der Waals surface area contributed by atoms with Crippen LogP contribution in [0.4, 0.5) is 4.39 Å². The van der Waals surface area contributed by atoms with Crippen LogP contribution in [-0.4, -0.2) is 29.4 Å². The Morgan fingerprint density at radius 1 is 1.25 bits per heavy atom. The molecule has 0 radical (unpaired) electrons. The molecule has 1 heterocycles. The number of carbonyl (C=O) groups is 2. The number of carbonyl (C=O) groups excluding carboxylic acids is 2. The summed E-state index contributed by atoms with van der Waals surface area (Å²) >= 11 is 0. The molecule has 0 unspecified atom stereocenters. The third-order valence-electron chi connectivity index (χ3n) is 3.67. The molecular weight excluding hydrogens is 313 g/mol. The van der Waals surface area contributed by atoms with Crippen molar-refractivity contribution in [3.63, 3.8) is 0 Å². The molecule has 1 aromatic heterocycles. The molecule has 0 spiro atoms. The minimum absolute atomic E-state index is 0.00453. The van der Waals surface area contributed by atoms with Crippen LogP contribution in [0.15, 0.2) is 24.3 Å². The van der Waals surface area contributed by atoms with Crippen molar-refractivity contribution in [1.29, 1.82) is 0 Å². The smallest absolute Gasteiger partial charge is 0.340 e. The summed E-state index contributed by atoms with van der Waals surface area (Å²) < 4.78 is 24.1. The van der Waals surface area contributed by atoms with Gasteiger partial charge < -0.3 is 14.5 Å². The van der Waals surface area contributed by atoms with Crippen molar-refractivity contribution in [3.8, 4) is 5.75 Å². The standard InChI is InChI=1S/C18H20FNO4/c1-5-23-18(22)15-10(2)16(20-11(15)3)17(21)12(4)24-14-9-7-6-8-13(14)19/h6-9,12,20H,5H2,1-4H3/t12-/m0/s1. The van der Waals surface area contributed by atoms with Crippen LogP contribution in [0.2, 0.25) is 0 Å². The monoisotopic (exact) mass is 333 g/mol. The van der Waals surface area contributed by atoms with Crippen molar-refractivity contribution in [2.75, 3.05) is 6.61 Å². The van der Waals surface area contributed by atoms with E-state index in [1.54, 1.807) is 32.9 Å². The first kappa shape index (κ1) is 17.7. The van der Waals surface area contributed by atoms with E-state index in [2.05, 4.69) is 4.98 Å². The molecule has 24 heavy (non-hydrogen) atoms. The molecule has 1 aromatic carbocycles. The van der Waals surface area contributed by atoms with Crippen molar-refractivity contribution in [2.24, 2.45) is 0 Å². The number of esters is 1. The Hall–Kier alpha value is -2.63. The average molecular weight is 333 g/mol. The van der Waals surface area contributed by atoms with Crippen molar-refractivity contribution >= 4 is 11.8 Å². The lowest BCUT2D eigenvalue weighted by atomic mass is 10.1. The number of hydrogen-bond acceptors (Lipinski definition) is 4. The third kappa shape index (κ3) is 3.48. The Morgan fingerprint density at radius 2 is 1.92 bits per heavy atom. The van der Waals surface area contributed by atoms with Gasteiger partial charge in [-0.3, -0.25) is 4.79 Å². The number of aromatic nitrogens is 1. The molecule has 0 fully saturated rings. The number of halogens is 1. The highest BCUT2D eigenvalue weighted by molar-refractivity contribution is 6.03. The molecule has 0 bridgehead atoms. The van der Waals surface area contributed by atoms with Crippen LogP contribution in [0.3, 0.4) is 0 Å². The maximum absolute atomic E-state index is 13.6. The zero-order valence-corrected chi connectivity index (χ0v) is 14.1. The van der Waals surface area contributed by atoms with Gasteiger partial charge in [-0.15, -0.1) is 0 Å². The number of rotatable bonds is 6. The fourth-order valence-corrected chi connectivity index (χ4v) is 2.49. The van der Waals surface area contributed by atoms with Gasteiger partial charge in [-0.05, 0) is 45.4 Å². The number of ketones is 1. The van der Waals surface area contributed by atoms with Crippen LogP contribution >= 0.6 is 0 Å². The van der Waals surface area contributed by atoms with Crippen molar-refractivity contribution in [3.05, 3.63) is 52.6 Å². The van der Waals surface area contributed by atoms with E-state index in [0.29, 0.717) is 16.8 Å². The number of hydrogen-bond donors (Lipinski definition) is 1. The quantitative estimate of drug-likeness (QED) is 0.648. The Balaban J connectivity index is 2.25. The number of aromatic amines is 1. The van der Waals surface area contributed by atoms with Crippen molar-refractivity contribution < 1.29 is 23.5 Å². The maximum Gasteiger partial charge on any atom is 0.340 e. The Morgan fingerprint density at radius 3 is 2.54 bits per heavy atom. The van der Waals surface area contributed by atoms with Crippen LogP contribution in [0, 0.1) is 19.7 Å². The molecule has 0 saturated heterocycles. The molecule has 0 amide bonds. The van der Waals surface area contributed by atoms with Gasteiger partial charge in [0.25, 0.3) is 0 Å². The maximum atomic E-state index is 13.6. The molecule has 0 aliphatic heterocycles. The second kappa shape index (κ2) is 7.29. The summed E-state index contributed by atoms with van der Waals surface area (Å²) in [6.07, 6.45) is -0.909. The van der Waals surface area contributed by atoms with E-state index in [0.717, 1.165) is 0 Å². The lowest BCUT2D eigenvalue weighted by Gasteiger charge is -2.14. The highest BCUT2D eigenvalue weighted by Gasteiger charge is 2.26. The molecule has 1 atom stereocenters. The Labute approximate surface area is 139 Å². The molecule has 0 saturated carbocycles. The van der Waals surface area contributed by atoms with Crippen molar-refractivity contribution in [1.82, 2.24) is 4.98 Å². The molecule has 0 aliphatic rings. The zero-order valence-electron chi connectivity index (χ0n) is 14.1. The van der Waals surface area contributed by atoms with Gasteiger partial charge in [0, 0.05) is 5.69 Å². The summed E-state index contributed by atoms with van der Waals surface area (Å²) in [6.45, 7) is 6.86. The largest absolute Gasteiger partial charge is 0.479 e. The Bertz CT molecular complexity index is 766. The summed E-state index contributed by atoms with van der Waals surface area (Å²) in [5, 5.41) is 0. The highest BCUT2D eigenvalue weighted by atomic mass is 19.1. The predicted molar refractivity (Wildman–Crippen MR) is 87.0 cm³/mol. The van der Waals surface area contributed by atoms with Gasteiger partial charge in [0.2, 0.25) is 5.78 Å². The molecule has 1 N–H and O–H groups in total. The Kier molecular flexibility index (Phi) is 5.39. The number of nitrogens with one attached hydrogen (secondary N) is 1. The van der Waals surface area contributed by atoms with Gasteiger partial charge in [-0.25, -0.2) is 9.18 Å². The fourth-order valence-electron chi connectivity index (χ4n) is 2.49. The molecule has 128 valence electrons. The molecule has 2 rings (SSSR count). The summed E-state index contributed by atoms with van der Waals surface area (Å²) in [4.78, 5) is 27.5. The number of aryl methyl sites for hydroxylation is 1. The summed E-state index contributed by atoms with van der Waals surface area (Å²) in [5.41, 5.74) is 1.66. The number of para-hydroxylation sites is 1. The van der Waals surface area contributed by atoms with Crippen LogP contribution < -0.4 is 4.74 Å². The molecular formula is C18H20FNO4. The minimum Gasteiger partial charge on any atom is -0.479 e. The van der Waals surface area contributed by atoms with Gasteiger partial charge in [0.05, 0.1) is 17.9 Å². The van der Waals surface area contributed by atoms with E-state index >= 15 is 0 Å². The van der Waals surface area contributed by atoms with E-state index in [9.17, 15) is 14.0 Å². The molecule has 5 nitrogen and oxygen atoms in total. The van der Waals surface area contributed by atoms with E-state index in [-0.39, 0.29) is 23.8 Å². The van der Waals surface area contributed by atoms with Gasteiger partial charge in [-0.2, -0.15) is 0 Å². The normalized spacial score (nSPS) is 11.9. The average Bonchev–Trinajstić information content (AvgIpc) is 2.83. The third-order valence-corrected chi connectivity index (χ3v) is 3.67. The molecule has 6 heteroatoms. The lowest BCUT2D eigenvalue weighted by molar-refractivity contribution is 0.0525. The second-order valence-electron chi connectivity index (χ2n) is 5.40. The molecule has 0 aliphatic carbocycles. The lowest BCUT2D eigenvalue weighted by Crippen LogP contribution is -2.25. The van der Waals surface area contributed by atoms with Crippen LogP contribution in [0.25, 0.3) is 0 Å². The van der Waals surface area contributed by atoms with Crippen LogP contribution in [-0.2, 0) is 4.74 Å². The van der Waals surface area contributed by atoms with E-state index in [1.807, 2.05) is 0 Å². The fraction of sp³-hybridized carbons (Fsp3) is 0.333. The van der Waals surface area contributed by atoms with Crippen LogP contribution in [0.1, 0.15) is 46.0 Å². The summed E-state index contributed by atoms with van der Waals surface area (Å²) in [5.74, 6) is -1.38. The van der Waals surface area contributed by atoms with E-state index < -0.39 is 17.9 Å². The first-order valence-electron chi connectivity index (χ1n) is 7.68. The van der Waals surface area contributed by atoms with Crippen LogP contribution in [0.5, 0.6) is 5.75 Å². The first-order chi connectivity index (χ1) is 11.4. The van der Waals surface area contributed by atoms with Crippen molar-refractivity contribution in [2.45, 2.75) is 33.8 Å². The second-order valence-corrected chi connectivity index (χ2v) is 5.40. The summed E-state index contributed by atoms with van der Waals surface area (Å²) in [6, 6.07) is 5.88. The van der Waals surface area contributed by atoms with Gasteiger partial charge in [0.15, 0.2) is 17.7 Å². The van der Waals surface area contributed by atoms with E-state index in [4.69, 9.17) is 9.47 Å². The highest BCUT2D eigenvalue weighted by Crippen LogP contribution is 2.23. The van der Waals surface area contributed by atoms with E-state index in [1.165, 1.54) is 19.1 Å². The number of H-pyrrole nitrogens is 1. The minimum atomic E-state index is -0.909. The SMILES string of the molecule is CCOC(=O)c1c(C)[nH]c(C(=O)[C@H](C)Oc2ccccc2F)c1C.